The SMILES string of the molecule is CCNC(=O)/C(C#N)=C\c1cn(-c2ccccc2)nc1-c1cc2cccc(OC)c2o1. The maximum Gasteiger partial charge on any atom is 0.261 e. The van der Waals surface area contributed by atoms with Crippen LogP contribution in [0.4, 0.5) is 0 Å². The van der Waals surface area contributed by atoms with Crippen molar-refractivity contribution in [2.75, 3.05) is 13.7 Å². The average Bonchev–Trinajstić information content (AvgIpc) is 3.42. The molecule has 4 rings (SSSR count). The zero-order valence-electron chi connectivity index (χ0n) is 17.1. The number of nitriles is 1. The van der Waals surface area contributed by atoms with E-state index in [9.17, 15) is 10.1 Å². The smallest absolute Gasteiger partial charge is 0.261 e. The van der Waals surface area contributed by atoms with Gasteiger partial charge in [0.25, 0.3) is 5.91 Å². The lowest BCUT2D eigenvalue weighted by molar-refractivity contribution is -0.116. The van der Waals surface area contributed by atoms with Crippen molar-refractivity contribution in [2.24, 2.45) is 0 Å². The third-order valence-corrected chi connectivity index (χ3v) is 4.73. The number of carbonyl (C=O) groups is 1. The summed E-state index contributed by atoms with van der Waals surface area (Å²) in [6.45, 7) is 2.23. The van der Waals surface area contributed by atoms with Gasteiger partial charge in [-0.05, 0) is 37.3 Å². The summed E-state index contributed by atoms with van der Waals surface area (Å²) in [6.07, 6.45) is 3.29. The summed E-state index contributed by atoms with van der Waals surface area (Å²) in [7, 11) is 1.58. The molecule has 2 heterocycles. The lowest BCUT2D eigenvalue weighted by Gasteiger charge is -2.00. The van der Waals surface area contributed by atoms with E-state index in [0.717, 1.165) is 11.1 Å². The van der Waals surface area contributed by atoms with Crippen LogP contribution in [0.3, 0.4) is 0 Å². The van der Waals surface area contributed by atoms with Crippen molar-refractivity contribution in [3.05, 3.63) is 71.9 Å². The molecular formula is C24H20N4O3. The van der Waals surface area contributed by atoms with E-state index < -0.39 is 5.91 Å². The van der Waals surface area contributed by atoms with Gasteiger partial charge in [-0.3, -0.25) is 4.79 Å². The third kappa shape index (κ3) is 3.91. The minimum atomic E-state index is -0.435. The second kappa shape index (κ2) is 8.59. The van der Waals surface area contributed by atoms with Gasteiger partial charge in [-0.1, -0.05) is 30.3 Å². The molecule has 0 bridgehead atoms. The fourth-order valence-corrected chi connectivity index (χ4v) is 3.27. The Balaban J connectivity index is 1.89. The minimum Gasteiger partial charge on any atom is -0.493 e. The number of nitrogens with one attached hydrogen (secondary N) is 1. The standard InChI is InChI=1S/C24H20N4O3/c1-3-26-24(29)17(14-25)12-18-15-28(19-9-5-4-6-10-19)27-22(18)21-13-16-8-7-11-20(30-2)23(16)31-21/h4-13,15H,3H2,1-2H3,(H,26,29)/b17-12-. The van der Waals surface area contributed by atoms with Crippen molar-refractivity contribution in [1.29, 1.82) is 5.26 Å². The van der Waals surface area contributed by atoms with Crippen LogP contribution in [0.1, 0.15) is 12.5 Å². The number of aromatic nitrogens is 2. The number of likely N-dealkylation sites (N-methyl/N-ethyl adjacent to an activating group) is 1. The zero-order valence-corrected chi connectivity index (χ0v) is 17.1. The molecule has 0 unspecified atom stereocenters. The van der Waals surface area contributed by atoms with Gasteiger partial charge < -0.3 is 14.5 Å². The average molecular weight is 412 g/mol. The number of carbonyl (C=O) groups excluding carboxylic acids is 1. The van der Waals surface area contributed by atoms with E-state index in [-0.39, 0.29) is 5.57 Å². The first-order valence-electron chi connectivity index (χ1n) is 9.76. The van der Waals surface area contributed by atoms with Crippen LogP contribution in [0.2, 0.25) is 0 Å². The molecule has 0 aliphatic carbocycles. The molecule has 2 aromatic carbocycles. The molecule has 0 saturated carbocycles. The van der Waals surface area contributed by atoms with E-state index in [4.69, 9.17) is 14.3 Å². The van der Waals surface area contributed by atoms with Crippen LogP contribution in [0.25, 0.3) is 34.2 Å². The molecular weight excluding hydrogens is 392 g/mol. The van der Waals surface area contributed by atoms with Gasteiger partial charge in [0.1, 0.15) is 17.3 Å². The van der Waals surface area contributed by atoms with Gasteiger partial charge >= 0.3 is 0 Å². The molecule has 0 fully saturated rings. The first-order chi connectivity index (χ1) is 15.1. The number of methoxy groups -OCH3 is 1. The number of fused-ring (bicyclic) bond motifs is 1. The van der Waals surface area contributed by atoms with Gasteiger partial charge in [-0.15, -0.1) is 0 Å². The molecule has 0 atom stereocenters. The van der Waals surface area contributed by atoms with Crippen LogP contribution in [-0.2, 0) is 4.79 Å². The summed E-state index contributed by atoms with van der Waals surface area (Å²) in [6, 6.07) is 19.0. The van der Waals surface area contributed by atoms with Crippen LogP contribution >= 0.6 is 0 Å². The molecule has 31 heavy (non-hydrogen) atoms. The van der Waals surface area contributed by atoms with Crippen molar-refractivity contribution in [3.63, 3.8) is 0 Å². The van der Waals surface area contributed by atoms with Crippen molar-refractivity contribution in [2.45, 2.75) is 6.92 Å². The summed E-state index contributed by atoms with van der Waals surface area (Å²) in [5.41, 5.74) is 2.54. The van der Waals surface area contributed by atoms with Gasteiger partial charge in [0.15, 0.2) is 17.1 Å². The summed E-state index contributed by atoms with van der Waals surface area (Å²) < 4.78 is 13.2. The summed E-state index contributed by atoms with van der Waals surface area (Å²) in [4.78, 5) is 12.3. The number of amides is 1. The first kappa shape index (κ1) is 20.0. The second-order valence-electron chi connectivity index (χ2n) is 6.73. The monoisotopic (exact) mass is 412 g/mol. The second-order valence-corrected chi connectivity index (χ2v) is 6.73. The molecule has 1 N–H and O–H groups in total. The third-order valence-electron chi connectivity index (χ3n) is 4.73. The molecule has 7 nitrogen and oxygen atoms in total. The van der Waals surface area contributed by atoms with E-state index in [1.165, 1.54) is 6.08 Å². The number of ether oxygens (including phenoxy) is 1. The summed E-state index contributed by atoms with van der Waals surface area (Å²) in [5, 5.41) is 17.7. The van der Waals surface area contributed by atoms with Crippen molar-refractivity contribution in [1.82, 2.24) is 15.1 Å². The van der Waals surface area contributed by atoms with Crippen LogP contribution in [0.15, 0.2) is 70.8 Å². The number of rotatable bonds is 6. The first-order valence-corrected chi connectivity index (χ1v) is 9.76. The molecule has 0 aliphatic rings. The maximum atomic E-state index is 12.3. The number of para-hydroxylation sites is 2. The lowest BCUT2D eigenvalue weighted by atomic mass is 10.1. The van der Waals surface area contributed by atoms with E-state index >= 15 is 0 Å². The molecule has 0 radical (unpaired) electrons. The van der Waals surface area contributed by atoms with E-state index in [0.29, 0.717) is 34.9 Å². The fourth-order valence-electron chi connectivity index (χ4n) is 3.27. The zero-order chi connectivity index (χ0) is 21.8. The molecule has 0 aliphatic heterocycles. The molecule has 7 heteroatoms. The minimum absolute atomic E-state index is 0.00981. The Morgan fingerprint density at radius 1 is 1.26 bits per heavy atom. The summed E-state index contributed by atoms with van der Waals surface area (Å²) in [5.74, 6) is 0.687. The topological polar surface area (TPSA) is 93.1 Å². The van der Waals surface area contributed by atoms with E-state index in [1.54, 1.807) is 24.9 Å². The van der Waals surface area contributed by atoms with E-state index in [1.807, 2.05) is 60.7 Å². The van der Waals surface area contributed by atoms with Crippen LogP contribution in [0, 0.1) is 11.3 Å². The van der Waals surface area contributed by atoms with Gasteiger partial charge in [-0.25, -0.2) is 4.68 Å². The van der Waals surface area contributed by atoms with Gasteiger partial charge in [-0.2, -0.15) is 10.4 Å². The number of hydrogen-bond acceptors (Lipinski definition) is 5. The molecule has 154 valence electrons. The van der Waals surface area contributed by atoms with Crippen molar-refractivity contribution in [3.8, 4) is 29.0 Å². The van der Waals surface area contributed by atoms with Gasteiger partial charge in [0, 0.05) is 23.7 Å². The molecule has 0 saturated heterocycles. The summed E-state index contributed by atoms with van der Waals surface area (Å²) >= 11 is 0. The Bertz CT molecular complexity index is 1310. The Morgan fingerprint density at radius 2 is 2.06 bits per heavy atom. The predicted octanol–water partition coefficient (Wildman–Crippen LogP) is 4.34. The molecule has 0 spiro atoms. The normalized spacial score (nSPS) is 11.3. The van der Waals surface area contributed by atoms with Crippen LogP contribution in [-0.4, -0.2) is 29.3 Å². The number of benzene rings is 2. The molecule has 1 amide bonds. The van der Waals surface area contributed by atoms with Crippen molar-refractivity contribution >= 4 is 23.0 Å². The highest BCUT2D eigenvalue weighted by molar-refractivity contribution is 6.02. The number of nitrogens with zero attached hydrogens (tertiary/aromatic N) is 3. The predicted molar refractivity (Wildman–Crippen MR) is 118 cm³/mol. The number of hydrogen-bond donors (Lipinski definition) is 1. The Morgan fingerprint density at radius 3 is 2.77 bits per heavy atom. The quantitative estimate of drug-likeness (QED) is 0.376. The Labute approximate surface area is 179 Å². The highest BCUT2D eigenvalue weighted by atomic mass is 16.5. The van der Waals surface area contributed by atoms with Gasteiger partial charge in [0.05, 0.1) is 12.8 Å². The Kier molecular flexibility index (Phi) is 5.54. The highest BCUT2D eigenvalue weighted by Gasteiger charge is 2.19. The molecule has 4 aromatic rings. The molecule has 2 aromatic heterocycles. The van der Waals surface area contributed by atoms with Crippen molar-refractivity contribution < 1.29 is 13.9 Å². The van der Waals surface area contributed by atoms with E-state index in [2.05, 4.69) is 5.32 Å². The maximum absolute atomic E-state index is 12.3. The highest BCUT2D eigenvalue weighted by Crippen LogP contribution is 2.35. The largest absolute Gasteiger partial charge is 0.493 e. The lowest BCUT2D eigenvalue weighted by Crippen LogP contribution is -2.23. The van der Waals surface area contributed by atoms with Crippen LogP contribution in [0.5, 0.6) is 5.75 Å². The van der Waals surface area contributed by atoms with Crippen LogP contribution < -0.4 is 10.1 Å². The number of furan rings is 1. The fraction of sp³-hybridized carbons (Fsp3) is 0.125. The Hall–Kier alpha value is -4.31. The van der Waals surface area contributed by atoms with Gasteiger partial charge in [0.2, 0.25) is 0 Å².